The molecular formula is C20H23FN2O2S. The third-order valence-corrected chi connectivity index (χ3v) is 6.97. The molecular weight excluding hydrogens is 351 g/mol. The molecule has 26 heavy (non-hydrogen) atoms. The molecule has 0 radical (unpaired) electrons. The van der Waals surface area contributed by atoms with Gasteiger partial charge in [0.1, 0.15) is 15.7 Å². The van der Waals surface area contributed by atoms with E-state index in [-0.39, 0.29) is 17.6 Å². The number of carbonyl (C=O) groups is 1. The Hall–Kier alpha value is -1.79. The van der Waals surface area contributed by atoms with Gasteiger partial charge in [-0.05, 0) is 38.3 Å². The third kappa shape index (κ3) is 3.16. The number of rotatable bonds is 2. The van der Waals surface area contributed by atoms with Crippen molar-refractivity contribution in [2.24, 2.45) is 5.92 Å². The molecule has 1 aromatic carbocycles. The van der Waals surface area contributed by atoms with Gasteiger partial charge >= 0.3 is 0 Å². The summed E-state index contributed by atoms with van der Waals surface area (Å²) in [6.07, 6.45) is 4.68. The molecule has 0 spiro atoms. The second-order valence-electron chi connectivity index (χ2n) is 7.49. The number of aliphatic hydroxyl groups is 1. The molecule has 0 bridgehead atoms. The molecule has 1 aliphatic carbocycles. The summed E-state index contributed by atoms with van der Waals surface area (Å²) in [5.41, 5.74) is 0.783. The van der Waals surface area contributed by atoms with E-state index in [0.29, 0.717) is 40.7 Å². The molecule has 2 fully saturated rings. The maximum atomic E-state index is 13.5. The SMILES string of the molecule is Cc1nc(-c2cccc(F)c2)sc1C(=O)N1CC[C@@]2(O)CCCC[C@@H]2C1. The van der Waals surface area contributed by atoms with Crippen molar-refractivity contribution >= 4 is 17.2 Å². The molecule has 138 valence electrons. The minimum Gasteiger partial charge on any atom is -0.389 e. The number of hydrogen-bond acceptors (Lipinski definition) is 4. The van der Waals surface area contributed by atoms with Gasteiger partial charge in [0.05, 0.1) is 11.3 Å². The van der Waals surface area contributed by atoms with Gasteiger partial charge in [0.15, 0.2) is 0 Å². The number of likely N-dealkylation sites (tertiary alicyclic amines) is 1. The van der Waals surface area contributed by atoms with Crippen LogP contribution < -0.4 is 0 Å². The highest BCUT2D eigenvalue weighted by Crippen LogP contribution is 2.40. The normalized spacial score (nSPS) is 25.8. The fourth-order valence-corrected chi connectivity index (χ4v) is 5.27. The van der Waals surface area contributed by atoms with Crippen molar-refractivity contribution in [3.63, 3.8) is 0 Å². The van der Waals surface area contributed by atoms with Crippen molar-refractivity contribution in [3.05, 3.63) is 40.7 Å². The molecule has 2 heterocycles. The summed E-state index contributed by atoms with van der Waals surface area (Å²) in [5, 5.41) is 11.5. The van der Waals surface area contributed by atoms with E-state index in [4.69, 9.17) is 0 Å². The lowest BCUT2D eigenvalue weighted by molar-refractivity contribution is -0.0885. The van der Waals surface area contributed by atoms with Crippen LogP contribution in [0.3, 0.4) is 0 Å². The Bertz CT molecular complexity index is 837. The van der Waals surface area contributed by atoms with Crippen molar-refractivity contribution in [1.82, 2.24) is 9.88 Å². The number of halogens is 1. The largest absolute Gasteiger partial charge is 0.389 e. The summed E-state index contributed by atoms with van der Waals surface area (Å²) in [6, 6.07) is 6.29. The van der Waals surface area contributed by atoms with Gasteiger partial charge in [-0.3, -0.25) is 4.79 Å². The Morgan fingerprint density at radius 1 is 1.38 bits per heavy atom. The number of piperidine rings is 1. The number of hydrogen-bond donors (Lipinski definition) is 1. The highest BCUT2D eigenvalue weighted by atomic mass is 32.1. The number of nitrogens with zero attached hydrogens (tertiary/aromatic N) is 2. The molecule has 4 rings (SSSR count). The van der Waals surface area contributed by atoms with E-state index >= 15 is 0 Å². The predicted molar refractivity (Wildman–Crippen MR) is 99.7 cm³/mol. The van der Waals surface area contributed by atoms with E-state index in [9.17, 15) is 14.3 Å². The first-order valence-electron chi connectivity index (χ1n) is 9.21. The number of fused-ring (bicyclic) bond motifs is 1. The smallest absolute Gasteiger partial charge is 0.265 e. The lowest BCUT2D eigenvalue weighted by Crippen LogP contribution is -2.54. The minimum atomic E-state index is -0.593. The van der Waals surface area contributed by atoms with Crippen molar-refractivity contribution in [2.75, 3.05) is 13.1 Å². The van der Waals surface area contributed by atoms with Gasteiger partial charge in [-0.2, -0.15) is 0 Å². The summed E-state index contributed by atoms with van der Waals surface area (Å²) >= 11 is 1.32. The fraction of sp³-hybridized carbons (Fsp3) is 0.500. The number of carbonyl (C=O) groups excluding carboxylic acids is 1. The predicted octanol–water partition coefficient (Wildman–Crippen LogP) is 4.02. The molecule has 2 aliphatic rings. The van der Waals surface area contributed by atoms with Crippen LogP contribution >= 0.6 is 11.3 Å². The first-order chi connectivity index (χ1) is 12.5. The standard InChI is InChI=1S/C20H23FN2O2S/c1-13-17(26-18(22-13)14-5-4-7-16(21)11-14)19(24)23-10-9-20(25)8-3-2-6-15(20)12-23/h4-5,7,11,15,25H,2-3,6,8-10,12H2,1H3/t15-,20+/m1/s1. The van der Waals surface area contributed by atoms with Crippen molar-refractivity contribution in [3.8, 4) is 10.6 Å². The molecule has 2 atom stereocenters. The van der Waals surface area contributed by atoms with E-state index in [0.717, 1.165) is 25.7 Å². The average molecular weight is 374 g/mol. The molecule has 1 saturated carbocycles. The Labute approximate surface area is 156 Å². The topological polar surface area (TPSA) is 53.4 Å². The number of aromatic nitrogens is 1. The molecule has 2 aromatic rings. The number of benzene rings is 1. The monoisotopic (exact) mass is 374 g/mol. The van der Waals surface area contributed by atoms with Crippen molar-refractivity contribution in [2.45, 2.75) is 44.6 Å². The van der Waals surface area contributed by atoms with E-state index in [1.54, 1.807) is 12.1 Å². The maximum Gasteiger partial charge on any atom is 0.265 e. The molecule has 1 saturated heterocycles. The minimum absolute atomic E-state index is 0.0183. The molecule has 1 amide bonds. The van der Waals surface area contributed by atoms with Crippen LogP contribution in [0.5, 0.6) is 0 Å². The Kier molecular flexibility index (Phi) is 4.57. The summed E-state index contributed by atoms with van der Waals surface area (Å²) in [6.45, 7) is 3.02. The van der Waals surface area contributed by atoms with Crippen LogP contribution in [-0.2, 0) is 0 Å². The molecule has 1 aromatic heterocycles. The first kappa shape index (κ1) is 17.6. The summed E-state index contributed by atoms with van der Waals surface area (Å²) < 4.78 is 13.5. The van der Waals surface area contributed by atoms with E-state index in [2.05, 4.69) is 4.98 Å². The van der Waals surface area contributed by atoms with Crippen molar-refractivity contribution in [1.29, 1.82) is 0 Å². The molecule has 0 unspecified atom stereocenters. The Balaban J connectivity index is 1.55. The van der Waals surface area contributed by atoms with Crippen LogP contribution in [0.2, 0.25) is 0 Å². The Morgan fingerprint density at radius 2 is 2.23 bits per heavy atom. The second-order valence-corrected chi connectivity index (χ2v) is 8.49. The zero-order valence-electron chi connectivity index (χ0n) is 14.9. The Morgan fingerprint density at radius 3 is 3.04 bits per heavy atom. The van der Waals surface area contributed by atoms with Crippen molar-refractivity contribution < 1.29 is 14.3 Å². The van der Waals surface area contributed by atoms with Crippen LogP contribution in [-0.4, -0.2) is 39.6 Å². The molecule has 1 N–H and O–H groups in total. The van der Waals surface area contributed by atoms with Crippen LogP contribution in [0.1, 0.15) is 47.5 Å². The summed E-state index contributed by atoms with van der Waals surface area (Å²) in [5.74, 6) is -0.156. The fourth-order valence-electron chi connectivity index (χ4n) is 4.24. The van der Waals surface area contributed by atoms with Crippen LogP contribution in [0.15, 0.2) is 24.3 Å². The van der Waals surface area contributed by atoms with Crippen LogP contribution in [0.25, 0.3) is 10.6 Å². The summed E-state index contributed by atoms with van der Waals surface area (Å²) in [4.78, 5) is 20.0. The van der Waals surface area contributed by atoms with Crippen LogP contribution in [0.4, 0.5) is 4.39 Å². The van der Waals surface area contributed by atoms with Gasteiger partial charge in [-0.15, -0.1) is 11.3 Å². The lowest BCUT2D eigenvalue weighted by atomic mass is 9.71. The lowest BCUT2D eigenvalue weighted by Gasteiger charge is -2.47. The number of amides is 1. The van der Waals surface area contributed by atoms with Gasteiger partial charge in [-0.25, -0.2) is 9.37 Å². The first-order valence-corrected chi connectivity index (χ1v) is 10.0. The summed E-state index contributed by atoms with van der Waals surface area (Å²) in [7, 11) is 0. The molecule has 4 nitrogen and oxygen atoms in total. The third-order valence-electron chi connectivity index (χ3n) is 5.78. The highest BCUT2D eigenvalue weighted by molar-refractivity contribution is 7.17. The molecule has 1 aliphatic heterocycles. The zero-order chi connectivity index (χ0) is 18.3. The van der Waals surface area contributed by atoms with Gasteiger partial charge in [0, 0.05) is 24.6 Å². The molecule has 6 heteroatoms. The quantitative estimate of drug-likeness (QED) is 0.864. The van der Waals surface area contributed by atoms with E-state index in [1.165, 1.54) is 23.5 Å². The van der Waals surface area contributed by atoms with Gasteiger partial charge < -0.3 is 10.0 Å². The van der Waals surface area contributed by atoms with Gasteiger partial charge in [0.2, 0.25) is 0 Å². The zero-order valence-corrected chi connectivity index (χ0v) is 15.7. The van der Waals surface area contributed by atoms with E-state index < -0.39 is 5.60 Å². The number of thiazole rings is 1. The van der Waals surface area contributed by atoms with E-state index in [1.807, 2.05) is 11.8 Å². The van der Waals surface area contributed by atoms with Crippen LogP contribution in [0, 0.1) is 18.7 Å². The maximum absolute atomic E-state index is 13.5. The van der Waals surface area contributed by atoms with Gasteiger partial charge in [-0.1, -0.05) is 25.0 Å². The average Bonchev–Trinajstić information content (AvgIpc) is 3.02. The number of aryl methyl sites for hydroxylation is 1. The highest BCUT2D eigenvalue weighted by Gasteiger charge is 2.44. The van der Waals surface area contributed by atoms with Gasteiger partial charge in [0.25, 0.3) is 5.91 Å². The second kappa shape index (κ2) is 6.74.